The maximum Gasteiger partial charge on any atom is 0.236 e. The van der Waals surface area contributed by atoms with Crippen molar-refractivity contribution in [2.24, 2.45) is 17.1 Å². The molecule has 96 valence electrons. The van der Waals surface area contributed by atoms with Crippen molar-refractivity contribution in [3.8, 4) is 0 Å². The molecule has 3 nitrogen and oxygen atoms in total. The Labute approximate surface area is 100 Å². The first-order valence-corrected chi connectivity index (χ1v) is 6.20. The number of carbonyl (C=O) groups excluding carboxylic acids is 1. The van der Waals surface area contributed by atoms with Gasteiger partial charge in [0.2, 0.25) is 5.91 Å². The minimum absolute atomic E-state index is 0.0521. The predicted octanol–water partition coefficient (Wildman–Crippen LogP) is 2.30. The monoisotopic (exact) mass is 228 g/mol. The third-order valence-corrected chi connectivity index (χ3v) is 2.81. The lowest BCUT2D eigenvalue weighted by Gasteiger charge is -2.32. The fourth-order valence-corrected chi connectivity index (χ4v) is 1.52. The van der Waals surface area contributed by atoms with Gasteiger partial charge in [-0.2, -0.15) is 0 Å². The topological polar surface area (TPSA) is 55.1 Å². The smallest absolute Gasteiger partial charge is 0.236 e. The van der Waals surface area contributed by atoms with Crippen LogP contribution >= 0.6 is 0 Å². The Hall–Kier alpha value is -0.570. The van der Waals surface area contributed by atoms with E-state index in [1.807, 2.05) is 0 Å². The summed E-state index contributed by atoms with van der Waals surface area (Å²) in [5.41, 5.74) is 5.65. The first-order chi connectivity index (χ1) is 7.14. The molecule has 0 fully saturated rings. The molecule has 3 N–H and O–H groups in total. The number of rotatable bonds is 5. The van der Waals surface area contributed by atoms with E-state index in [1.54, 1.807) is 6.92 Å². The van der Waals surface area contributed by atoms with Gasteiger partial charge in [-0.05, 0) is 31.1 Å². The molecule has 0 saturated heterocycles. The Kier molecular flexibility index (Phi) is 6.01. The van der Waals surface area contributed by atoms with Crippen LogP contribution in [0.5, 0.6) is 0 Å². The summed E-state index contributed by atoms with van der Waals surface area (Å²) in [4.78, 5) is 11.6. The Morgan fingerprint density at radius 1 is 1.19 bits per heavy atom. The van der Waals surface area contributed by atoms with Crippen LogP contribution in [0.25, 0.3) is 0 Å². The van der Waals surface area contributed by atoms with Crippen LogP contribution in [0.15, 0.2) is 0 Å². The van der Waals surface area contributed by atoms with Gasteiger partial charge in [0, 0.05) is 6.04 Å². The third kappa shape index (κ3) is 6.11. The molecule has 0 aromatic carbocycles. The van der Waals surface area contributed by atoms with Gasteiger partial charge in [0.15, 0.2) is 0 Å². The first-order valence-electron chi connectivity index (χ1n) is 6.20. The van der Waals surface area contributed by atoms with Gasteiger partial charge in [0.25, 0.3) is 0 Å². The second-order valence-electron chi connectivity index (χ2n) is 6.19. The Morgan fingerprint density at radius 3 is 2.00 bits per heavy atom. The van der Waals surface area contributed by atoms with Crippen molar-refractivity contribution in [2.75, 3.05) is 0 Å². The summed E-state index contributed by atoms with van der Waals surface area (Å²) in [6, 6.07) is -0.225. The summed E-state index contributed by atoms with van der Waals surface area (Å²) in [7, 11) is 0. The Morgan fingerprint density at radius 2 is 1.69 bits per heavy atom. The van der Waals surface area contributed by atoms with Crippen LogP contribution in [0.1, 0.15) is 54.4 Å². The molecule has 0 radical (unpaired) electrons. The highest BCUT2D eigenvalue weighted by Gasteiger charge is 2.26. The minimum Gasteiger partial charge on any atom is -0.352 e. The fraction of sp³-hybridized carbons (Fsp3) is 0.923. The van der Waals surface area contributed by atoms with E-state index in [4.69, 9.17) is 5.73 Å². The quantitative estimate of drug-likeness (QED) is 0.758. The number of amides is 1. The van der Waals surface area contributed by atoms with Crippen LogP contribution in [0.4, 0.5) is 0 Å². The van der Waals surface area contributed by atoms with Crippen LogP contribution < -0.4 is 11.1 Å². The third-order valence-electron chi connectivity index (χ3n) is 2.81. The van der Waals surface area contributed by atoms with Crippen molar-refractivity contribution < 1.29 is 4.79 Å². The average molecular weight is 228 g/mol. The van der Waals surface area contributed by atoms with Gasteiger partial charge in [-0.1, -0.05) is 34.6 Å². The van der Waals surface area contributed by atoms with Crippen LogP contribution in [-0.4, -0.2) is 18.0 Å². The van der Waals surface area contributed by atoms with E-state index in [2.05, 4.69) is 39.9 Å². The van der Waals surface area contributed by atoms with Gasteiger partial charge in [-0.25, -0.2) is 0 Å². The second kappa shape index (κ2) is 6.24. The zero-order valence-corrected chi connectivity index (χ0v) is 11.6. The van der Waals surface area contributed by atoms with Crippen LogP contribution in [0, 0.1) is 11.3 Å². The average Bonchev–Trinajstić information content (AvgIpc) is 2.09. The van der Waals surface area contributed by atoms with E-state index < -0.39 is 6.04 Å². The molecule has 0 aromatic rings. The van der Waals surface area contributed by atoms with Gasteiger partial charge >= 0.3 is 0 Å². The number of carbonyl (C=O) groups is 1. The summed E-state index contributed by atoms with van der Waals surface area (Å²) < 4.78 is 0. The van der Waals surface area contributed by atoms with Gasteiger partial charge in [-0.3, -0.25) is 4.79 Å². The highest BCUT2D eigenvalue weighted by Crippen LogP contribution is 2.24. The SMILES string of the molecule is CC(C)CCC(NC(=O)[C@H](C)N)C(C)(C)C. The number of nitrogens with two attached hydrogens (primary N) is 1. The van der Waals surface area contributed by atoms with E-state index in [0.717, 1.165) is 12.8 Å². The Balaban J connectivity index is 4.39. The lowest BCUT2D eigenvalue weighted by atomic mass is 9.82. The number of hydrogen-bond donors (Lipinski definition) is 2. The van der Waals surface area contributed by atoms with Gasteiger partial charge in [0.1, 0.15) is 0 Å². The summed E-state index contributed by atoms with van der Waals surface area (Å²) >= 11 is 0. The van der Waals surface area contributed by atoms with E-state index in [0.29, 0.717) is 5.92 Å². The zero-order chi connectivity index (χ0) is 12.9. The highest BCUT2D eigenvalue weighted by atomic mass is 16.2. The number of nitrogens with one attached hydrogen (secondary N) is 1. The molecule has 0 spiro atoms. The van der Waals surface area contributed by atoms with E-state index >= 15 is 0 Å². The van der Waals surface area contributed by atoms with E-state index in [9.17, 15) is 4.79 Å². The van der Waals surface area contributed by atoms with Gasteiger partial charge in [-0.15, -0.1) is 0 Å². The van der Waals surface area contributed by atoms with Crippen molar-refractivity contribution in [3.63, 3.8) is 0 Å². The molecule has 0 rings (SSSR count). The van der Waals surface area contributed by atoms with Crippen LogP contribution in [0.2, 0.25) is 0 Å². The molecule has 16 heavy (non-hydrogen) atoms. The van der Waals surface area contributed by atoms with Crippen LogP contribution in [-0.2, 0) is 4.79 Å². The minimum atomic E-state index is -0.427. The normalized spacial score (nSPS) is 16.0. The van der Waals surface area contributed by atoms with Gasteiger partial charge < -0.3 is 11.1 Å². The van der Waals surface area contributed by atoms with E-state index in [1.165, 1.54) is 0 Å². The molecule has 0 aliphatic heterocycles. The summed E-state index contributed by atoms with van der Waals surface area (Å²) in [6.45, 7) is 12.6. The lowest BCUT2D eigenvalue weighted by Crippen LogP contribution is -2.49. The molecule has 0 aliphatic rings. The molecule has 0 bridgehead atoms. The van der Waals surface area contributed by atoms with Crippen molar-refractivity contribution in [1.29, 1.82) is 0 Å². The predicted molar refractivity (Wildman–Crippen MR) is 69.1 cm³/mol. The van der Waals surface area contributed by atoms with Gasteiger partial charge in [0.05, 0.1) is 6.04 Å². The molecule has 3 heteroatoms. The summed E-state index contributed by atoms with van der Waals surface area (Å²) in [5, 5.41) is 3.05. The molecular weight excluding hydrogens is 200 g/mol. The summed E-state index contributed by atoms with van der Waals surface area (Å²) in [6.07, 6.45) is 2.14. The molecule has 1 unspecified atom stereocenters. The second-order valence-corrected chi connectivity index (χ2v) is 6.19. The van der Waals surface area contributed by atoms with E-state index in [-0.39, 0.29) is 17.4 Å². The maximum atomic E-state index is 11.6. The fourth-order valence-electron chi connectivity index (χ4n) is 1.52. The molecule has 0 aliphatic carbocycles. The molecule has 0 saturated carbocycles. The van der Waals surface area contributed by atoms with Crippen molar-refractivity contribution >= 4 is 5.91 Å². The largest absolute Gasteiger partial charge is 0.352 e. The molecule has 1 amide bonds. The zero-order valence-electron chi connectivity index (χ0n) is 11.6. The highest BCUT2D eigenvalue weighted by molar-refractivity contribution is 5.81. The standard InChI is InChI=1S/C13H28N2O/c1-9(2)7-8-11(13(4,5)6)15-12(16)10(3)14/h9-11H,7-8,14H2,1-6H3,(H,15,16)/t10-,11?/m0/s1. The Bertz CT molecular complexity index is 216. The van der Waals surface area contributed by atoms with Crippen LogP contribution in [0.3, 0.4) is 0 Å². The molecular formula is C13H28N2O. The lowest BCUT2D eigenvalue weighted by molar-refractivity contribution is -0.123. The number of hydrogen-bond acceptors (Lipinski definition) is 2. The summed E-state index contributed by atoms with van der Waals surface area (Å²) in [5.74, 6) is 0.612. The molecule has 0 heterocycles. The van der Waals surface area contributed by atoms with Crippen molar-refractivity contribution in [1.82, 2.24) is 5.32 Å². The molecule has 0 aromatic heterocycles. The first kappa shape index (κ1) is 15.4. The van der Waals surface area contributed by atoms with Crippen molar-refractivity contribution in [2.45, 2.75) is 66.5 Å². The molecule has 2 atom stereocenters. The van der Waals surface area contributed by atoms with Crippen molar-refractivity contribution in [3.05, 3.63) is 0 Å². The maximum absolute atomic E-state index is 11.6.